The molecule has 3 nitrogen and oxygen atoms in total. The molecule has 0 saturated carbocycles. The van der Waals surface area contributed by atoms with Crippen LogP contribution in [-0.4, -0.2) is 40.3 Å². The summed E-state index contributed by atoms with van der Waals surface area (Å²) in [6.45, 7) is 6.35. The number of hydrogen-bond donors (Lipinski definition) is 0. The van der Waals surface area contributed by atoms with Crippen LogP contribution in [0.3, 0.4) is 0 Å². The van der Waals surface area contributed by atoms with Crippen LogP contribution in [0.4, 0.5) is 4.39 Å². The largest absolute Gasteiger partial charge is 0.306 e. The summed E-state index contributed by atoms with van der Waals surface area (Å²) in [6, 6.07) is 6.76. The van der Waals surface area contributed by atoms with Crippen LogP contribution in [0, 0.1) is 19.7 Å². The van der Waals surface area contributed by atoms with Gasteiger partial charge < -0.3 is 4.90 Å². The molecule has 3 heterocycles. The van der Waals surface area contributed by atoms with Crippen molar-refractivity contribution in [2.24, 2.45) is 0 Å². The summed E-state index contributed by atoms with van der Waals surface area (Å²) in [5.41, 5.74) is 2.19. The molecule has 1 saturated heterocycles. The molecule has 26 heavy (non-hydrogen) atoms. The second-order valence-corrected chi connectivity index (χ2v) is 9.41. The van der Waals surface area contributed by atoms with Gasteiger partial charge in [-0.2, -0.15) is 0 Å². The Kier molecular flexibility index (Phi) is 4.99. The van der Waals surface area contributed by atoms with Gasteiger partial charge in [0.05, 0.1) is 5.39 Å². The summed E-state index contributed by atoms with van der Waals surface area (Å²) in [7, 11) is 2.18. The van der Waals surface area contributed by atoms with Gasteiger partial charge in [-0.15, -0.1) is 23.1 Å². The fourth-order valence-corrected chi connectivity index (χ4v) is 5.91. The number of aromatic nitrogens is 2. The Morgan fingerprint density at radius 2 is 1.81 bits per heavy atom. The van der Waals surface area contributed by atoms with Crippen LogP contribution in [-0.2, 0) is 0 Å². The number of thioether (sulfide) groups is 1. The van der Waals surface area contributed by atoms with Crippen LogP contribution in [0.1, 0.15) is 23.5 Å². The molecule has 6 heteroatoms. The van der Waals surface area contributed by atoms with Crippen LogP contribution < -0.4 is 0 Å². The Balaban J connectivity index is 1.80. The summed E-state index contributed by atoms with van der Waals surface area (Å²) < 4.78 is 13.4. The van der Waals surface area contributed by atoms with Crippen LogP contribution >= 0.6 is 23.1 Å². The number of thiophene rings is 1. The second-order valence-electron chi connectivity index (χ2n) is 6.92. The van der Waals surface area contributed by atoms with Gasteiger partial charge in [0.15, 0.2) is 0 Å². The molecule has 0 spiro atoms. The predicted octanol–water partition coefficient (Wildman–Crippen LogP) is 5.30. The monoisotopic (exact) mass is 387 g/mol. The Morgan fingerprint density at radius 1 is 1.12 bits per heavy atom. The van der Waals surface area contributed by atoms with E-state index in [0.29, 0.717) is 5.25 Å². The van der Waals surface area contributed by atoms with Gasteiger partial charge in [0.25, 0.3) is 0 Å². The molecule has 136 valence electrons. The summed E-state index contributed by atoms with van der Waals surface area (Å²) in [5, 5.41) is 2.80. The summed E-state index contributed by atoms with van der Waals surface area (Å²) in [6.07, 6.45) is 2.36. The van der Waals surface area contributed by atoms with Gasteiger partial charge in [0, 0.05) is 15.7 Å². The van der Waals surface area contributed by atoms with Gasteiger partial charge in [-0.3, -0.25) is 0 Å². The average molecular weight is 388 g/mol. The number of piperidine rings is 1. The Bertz CT molecular complexity index is 928. The lowest BCUT2D eigenvalue weighted by Gasteiger charge is -2.28. The first kappa shape index (κ1) is 17.9. The lowest BCUT2D eigenvalue weighted by atomic mass is 10.0. The molecule has 0 atom stereocenters. The van der Waals surface area contributed by atoms with Gasteiger partial charge in [0.2, 0.25) is 0 Å². The molecule has 1 aliphatic rings. The van der Waals surface area contributed by atoms with Crippen molar-refractivity contribution in [3.05, 3.63) is 40.8 Å². The Hall–Kier alpha value is -1.50. The fourth-order valence-electron chi connectivity index (χ4n) is 3.49. The molecule has 1 aliphatic heterocycles. The minimum atomic E-state index is -0.209. The SMILES string of the molecule is Cc1nc(SC2CCN(C)CC2)c2c(-c3ccc(F)cc3)c(C)sc2n1. The minimum absolute atomic E-state index is 0.209. The standard InChI is InChI=1S/C20H22FN3S2/c1-12-17(14-4-6-15(21)7-5-14)18-19(25-12)22-13(2)23-20(18)26-16-8-10-24(3)11-9-16/h4-7,16H,8-11H2,1-3H3. The maximum Gasteiger partial charge on any atom is 0.129 e. The zero-order chi connectivity index (χ0) is 18.3. The van der Waals surface area contributed by atoms with Crippen LogP contribution in [0.25, 0.3) is 21.3 Å². The van der Waals surface area contributed by atoms with Crippen LogP contribution in [0.5, 0.6) is 0 Å². The van der Waals surface area contributed by atoms with Crippen molar-refractivity contribution in [3.8, 4) is 11.1 Å². The number of hydrogen-bond acceptors (Lipinski definition) is 5. The maximum atomic E-state index is 13.4. The number of nitrogens with zero attached hydrogens (tertiary/aromatic N) is 3. The van der Waals surface area contributed by atoms with Gasteiger partial charge in [-0.1, -0.05) is 12.1 Å². The van der Waals surface area contributed by atoms with E-state index in [1.807, 2.05) is 30.8 Å². The maximum absolute atomic E-state index is 13.4. The highest BCUT2D eigenvalue weighted by atomic mass is 32.2. The molecule has 1 fully saturated rings. The fraction of sp³-hybridized carbons (Fsp3) is 0.400. The normalized spacial score (nSPS) is 16.5. The molecule has 3 aromatic rings. The molecule has 0 radical (unpaired) electrons. The molecular weight excluding hydrogens is 365 g/mol. The Morgan fingerprint density at radius 3 is 2.50 bits per heavy atom. The average Bonchev–Trinajstić information content (AvgIpc) is 2.93. The van der Waals surface area contributed by atoms with E-state index < -0.39 is 0 Å². The number of halogens is 1. The molecule has 4 rings (SSSR count). The first-order valence-corrected chi connectivity index (χ1v) is 10.6. The van der Waals surface area contributed by atoms with Crippen molar-refractivity contribution in [2.75, 3.05) is 20.1 Å². The highest BCUT2D eigenvalue weighted by Gasteiger charge is 2.23. The van der Waals surface area contributed by atoms with Crippen molar-refractivity contribution in [3.63, 3.8) is 0 Å². The number of fused-ring (bicyclic) bond motifs is 1. The highest BCUT2D eigenvalue weighted by molar-refractivity contribution is 8.00. The van der Waals surface area contributed by atoms with Gasteiger partial charge in [-0.25, -0.2) is 14.4 Å². The van der Waals surface area contributed by atoms with E-state index in [4.69, 9.17) is 4.98 Å². The molecule has 0 aliphatic carbocycles. The van der Waals surface area contributed by atoms with E-state index in [-0.39, 0.29) is 5.82 Å². The number of aryl methyl sites for hydroxylation is 2. The van der Waals surface area contributed by atoms with E-state index in [2.05, 4.69) is 23.9 Å². The summed E-state index contributed by atoms with van der Waals surface area (Å²) in [5.74, 6) is 0.610. The second kappa shape index (κ2) is 7.25. The summed E-state index contributed by atoms with van der Waals surface area (Å²) in [4.78, 5) is 14.1. The number of rotatable bonds is 3. The topological polar surface area (TPSA) is 29.0 Å². The predicted molar refractivity (Wildman–Crippen MR) is 109 cm³/mol. The number of benzene rings is 1. The molecule has 1 aromatic carbocycles. The lowest BCUT2D eigenvalue weighted by Crippen LogP contribution is -2.31. The minimum Gasteiger partial charge on any atom is -0.306 e. The van der Waals surface area contributed by atoms with Crippen molar-refractivity contribution < 1.29 is 4.39 Å². The lowest BCUT2D eigenvalue weighted by molar-refractivity contribution is 0.282. The van der Waals surface area contributed by atoms with E-state index in [1.165, 1.54) is 29.9 Å². The van der Waals surface area contributed by atoms with E-state index in [1.54, 1.807) is 11.3 Å². The van der Waals surface area contributed by atoms with E-state index >= 15 is 0 Å². The molecule has 0 unspecified atom stereocenters. The molecule has 0 bridgehead atoms. The van der Waals surface area contributed by atoms with E-state index in [0.717, 1.165) is 45.3 Å². The first-order chi connectivity index (χ1) is 12.5. The molecule has 0 amide bonds. The van der Waals surface area contributed by atoms with Crippen LogP contribution in [0.15, 0.2) is 29.3 Å². The van der Waals surface area contributed by atoms with Crippen molar-refractivity contribution in [1.29, 1.82) is 0 Å². The zero-order valence-electron chi connectivity index (χ0n) is 15.3. The zero-order valence-corrected chi connectivity index (χ0v) is 16.9. The number of likely N-dealkylation sites (tertiary alicyclic amines) is 1. The van der Waals surface area contributed by atoms with Crippen molar-refractivity contribution >= 4 is 33.3 Å². The van der Waals surface area contributed by atoms with Gasteiger partial charge in [0.1, 0.15) is 21.5 Å². The summed E-state index contributed by atoms with van der Waals surface area (Å²) >= 11 is 3.59. The van der Waals surface area contributed by atoms with Crippen LogP contribution in [0.2, 0.25) is 0 Å². The molecular formula is C20H22FN3S2. The van der Waals surface area contributed by atoms with E-state index in [9.17, 15) is 4.39 Å². The first-order valence-electron chi connectivity index (χ1n) is 8.90. The van der Waals surface area contributed by atoms with Crippen molar-refractivity contribution in [2.45, 2.75) is 37.0 Å². The molecule has 2 aromatic heterocycles. The third kappa shape index (κ3) is 3.50. The Labute approximate surface area is 161 Å². The third-order valence-electron chi connectivity index (χ3n) is 4.88. The molecule has 0 N–H and O–H groups in total. The van der Waals surface area contributed by atoms with Gasteiger partial charge in [-0.05, 0) is 64.5 Å². The van der Waals surface area contributed by atoms with Crippen molar-refractivity contribution in [1.82, 2.24) is 14.9 Å². The third-order valence-corrected chi connectivity index (χ3v) is 7.21. The quantitative estimate of drug-likeness (QED) is 0.570. The smallest absolute Gasteiger partial charge is 0.129 e. The highest BCUT2D eigenvalue weighted by Crippen LogP contribution is 2.43. The van der Waals surface area contributed by atoms with Gasteiger partial charge >= 0.3 is 0 Å².